The smallest absolute Gasteiger partial charge is 0.336 e. The van der Waals surface area contributed by atoms with Crippen molar-refractivity contribution in [2.75, 3.05) is 19.6 Å². The number of nitrogens with zero attached hydrogens (tertiary/aromatic N) is 1. The van der Waals surface area contributed by atoms with Crippen molar-refractivity contribution < 1.29 is 9.90 Å². The Morgan fingerprint density at radius 3 is 2.89 bits per heavy atom. The first-order chi connectivity index (χ1) is 9.08. The van der Waals surface area contributed by atoms with Gasteiger partial charge in [-0.1, -0.05) is 32.0 Å². The highest BCUT2D eigenvalue weighted by molar-refractivity contribution is 5.89. The van der Waals surface area contributed by atoms with Gasteiger partial charge in [-0.25, -0.2) is 4.79 Å². The van der Waals surface area contributed by atoms with Gasteiger partial charge in [0, 0.05) is 32.2 Å². The fourth-order valence-electron chi connectivity index (χ4n) is 2.54. The van der Waals surface area contributed by atoms with Crippen LogP contribution in [-0.2, 0) is 6.54 Å². The number of benzene rings is 1. The van der Waals surface area contributed by atoms with E-state index in [2.05, 4.69) is 24.1 Å². The molecule has 1 atom stereocenters. The molecule has 1 saturated heterocycles. The van der Waals surface area contributed by atoms with E-state index in [1.807, 2.05) is 12.1 Å². The summed E-state index contributed by atoms with van der Waals surface area (Å²) in [5, 5.41) is 12.7. The summed E-state index contributed by atoms with van der Waals surface area (Å²) >= 11 is 0. The number of piperazine rings is 1. The van der Waals surface area contributed by atoms with Crippen LogP contribution in [0.3, 0.4) is 0 Å². The van der Waals surface area contributed by atoms with Crippen molar-refractivity contribution in [1.82, 2.24) is 10.2 Å². The largest absolute Gasteiger partial charge is 0.478 e. The van der Waals surface area contributed by atoms with Gasteiger partial charge in [0.05, 0.1) is 5.56 Å². The number of hydrogen-bond acceptors (Lipinski definition) is 3. The lowest BCUT2D eigenvalue weighted by Crippen LogP contribution is -2.52. The minimum atomic E-state index is -0.842. The molecule has 1 aliphatic heterocycles. The molecule has 0 aromatic heterocycles. The molecular weight excluding hydrogens is 240 g/mol. The maximum absolute atomic E-state index is 11.2. The van der Waals surface area contributed by atoms with Crippen molar-refractivity contribution in [3.05, 3.63) is 35.4 Å². The van der Waals surface area contributed by atoms with Gasteiger partial charge in [0.15, 0.2) is 0 Å². The average Bonchev–Trinajstić information content (AvgIpc) is 2.39. The highest BCUT2D eigenvalue weighted by Gasteiger charge is 2.22. The van der Waals surface area contributed by atoms with E-state index >= 15 is 0 Å². The third-order valence-electron chi connectivity index (χ3n) is 3.74. The first kappa shape index (κ1) is 14.0. The minimum absolute atomic E-state index is 0.419. The lowest BCUT2D eigenvalue weighted by atomic mass is 10.0. The maximum Gasteiger partial charge on any atom is 0.336 e. The van der Waals surface area contributed by atoms with Gasteiger partial charge in [0.1, 0.15) is 0 Å². The van der Waals surface area contributed by atoms with E-state index in [4.69, 9.17) is 0 Å². The Balaban J connectivity index is 2.07. The number of rotatable bonds is 4. The van der Waals surface area contributed by atoms with Crippen molar-refractivity contribution in [2.45, 2.75) is 26.4 Å². The standard InChI is InChI=1S/C15H22N2O2/c1-11(2)14-10-17(8-7-16-14)9-12-5-3-4-6-13(12)15(18)19/h3-6,11,14,16H,7-10H2,1-2H3,(H,18,19)/t14-/m1/s1. The molecule has 1 fully saturated rings. The Morgan fingerprint density at radius 1 is 1.47 bits per heavy atom. The van der Waals surface area contributed by atoms with Gasteiger partial charge in [-0.2, -0.15) is 0 Å². The molecule has 2 N–H and O–H groups in total. The van der Waals surface area contributed by atoms with Crippen LogP contribution in [0.5, 0.6) is 0 Å². The number of nitrogens with one attached hydrogen (secondary N) is 1. The maximum atomic E-state index is 11.2. The van der Waals surface area contributed by atoms with Crippen molar-refractivity contribution >= 4 is 5.97 Å². The molecule has 0 unspecified atom stereocenters. The second-order valence-corrected chi connectivity index (χ2v) is 5.50. The second kappa shape index (κ2) is 6.17. The summed E-state index contributed by atoms with van der Waals surface area (Å²) in [7, 11) is 0. The van der Waals surface area contributed by atoms with Gasteiger partial charge in [-0.15, -0.1) is 0 Å². The molecule has 0 bridgehead atoms. The van der Waals surface area contributed by atoms with Gasteiger partial charge < -0.3 is 10.4 Å². The van der Waals surface area contributed by atoms with E-state index in [1.54, 1.807) is 12.1 Å². The minimum Gasteiger partial charge on any atom is -0.478 e. The Bertz CT molecular complexity index is 446. The quantitative estimate of drug-likeness (QED) is 0.869. The summed E-state index contributed by atoms with van der Waals surface area (Å²) in [5.74, 6) is -0.247. The van der Waals surface area contributed by atoms with E-state index in [1.165, 1.54) is 0 Å². The van der Waals surface area contributed by atoms with E-state index in [9.17, 15) is 9.90 Å². The summed E-state index contributed by atoms with van der Waals surface area (Å²) in [6, 6.07) is 7.77. The van der Waals surface area contributed by atoms with Crippen molar-refractivity contribution in [3.63, 3.8) is 0 Å². The number of aromatic carboxylic acids is 1. The Morgan fingerprint density at radius 2 is 2.21 bits per heavy atom. The van der Waals surface area contributed by atoms with Crippen LogP contribution < -0.4 is 5.32 Å². The number of carboxylic acid groups (broad SMARTS) is 1. The van der Waals surface area contributed by atoms with E-state index in [0.717, 1.165) is 25.2 Å². The normalized spacial score (nSPS) is 20.7. The average molecular weight is 262 g/mol. The number of hydrogen-bond donors (Lipinski definition) is 2. The molecule has 1 aliphatic rings. The zero-order valence-corrected chi connectivity index (χ0v) is 11.6. The molecule has 1 heterocycles. The zero-order chi connectivity index (χ0) is 13.8. The van der Waals surface area contributed by atoms with Crippen LogP contribution >= 0.6 is 0 Å². The van der Waals surface area contributed by atoms with E-state index in [0.29, 0.717) is 24.1 Å². The number of carbonyl (C=O) groups is 1. The Kier molecular flexibility index (Phi) is 4.56. The van der Waals surface area contributed by atoms with Crippen molar-refractivity contribution in [2.24, 2.45) is 5.92 Å². The lowest BCUT2D eigenvalue weighted by molar-refractivity contribution is 0.0693. The van der Waals surface area contributed by atoms with Crippen LogP contribution in [0.15, 0.2) is 24.3 Å². The summed E-state index contributed by atoms with van der Waals surface area (Å²) in [6.45, 7) is 8.06. The predicted molar refractivity (Wildman–Crippen MR) is 75.3 cm³/mol. The molecule has 2 rings (SSSR count). The molecule has 1 aromatic rings. The summed E-state index contributed by atoms with van der Waals surface area (Å²) in [6.07, 6.45) is 0. The first-order valence-electron chi connectivity index (χ1n) is 6.85. The van der Waals surface area contributed by atoms with Gasteiger partial charge in [-0.3, -0.25) is 4.90 Å². The van der Waals surface area contributed by atoms with Gasteiger partial charge >= 0.3 is 5.97 Å². The molecule has 0 aliphatic carbocycles. The van der Waals surface area contributed by atoms with Crippen LogP contribution in [0.4, 0.5) is 0 Å². The fraction of sp³-hybridized carbons (Fsp3) is 0.533. The topological polar surface area (TPSA) is 52.6 Å². The fourth-order valence-corrected chi connectivity index (χ4v) is 2.54. The van der Waals surface area contributed by atoms with Crippen LogP contribution in [0, 0.1) is 5.92 Å². The molecule has 0 saturated carbocycles. The van der Waals surface area contributed by atoms with Gasteiger partial charge in [0.2, 0.25) is 0 Å². The van der Waals surface area contributed by atoms with Crippen LogP contribution in [-0.4, -0.2) is 41.7 Å². The summed E-state index contributed by atoms with van der Waals surface area (Å²) in [5.41, 5.74) is 1.32. The number of carboxylic acids is 1. The zero-order valence-electron chi connectivity index (χ0n) is 11.6. The van der Waals surface area contributed by atoms with Gasteiger partial charge in [-0.05, 0) is 17.5 Å². The van der Waals surface area contributed by atoms with Crippen molar-refractivity contribution in [1.29, 1.82) is 0 Å². The van der Waals surface area contributed by atoms with Crippen LogP contribution in [0.25, 0.3) is 0 Å². The molecule has 4 nitrogen and oxygen atoms in total. The van der Waals surface area contributed by atoms with Crippen LogP contribution in [0.1, 0.15) is 29.8 Å². The van der Waals surface area contributed by atoms with Gasteiger partial charge in [0.25, 0.3) is 0 Å². The third-order valence-corrected chi connectivity index (χ3v) is 3.74. The molecule has 1 aromatic carbocycles. The predicted octanol–water partition coefficient (Wildman–Crippen LogP) is 1.81. The summed E-state index contributed by atoms with van der Waals surface area (Å²) < 4.78 is 0. The first-order valence-corrected chi connectivity index (χ1v) is 6.85. The highest BCUT2D eigenvalue weighted by Crippen LogP contribution is 2.15. The Hall–Kier alpha value is -1.39. The lowest BCUT2D eigenvalue weighted by Gasteiger charge is -2.36. The molecular formula is C15H22N2O2. The van der Waals surface area contributed by atoms with Crippen LogP contribution in [0.2, 0.25) is 0 Å². The molecule has 0 spiro atoms. The molecule has 19 heavy (non-hydrogen) atoms. The molecule has 0 radical (unpaired) electrons. The molecule has 0 amide bonds. The van der Waals surface area contributed by atoms with E-state index in [-0.39, 0.29) is 0 Å². The van der Waals surface area contributed by atoms with E-state index < -0.39 is 5.97 Å². The highest BCUT2D eigenvalue weighted by atomic mass is 16.4. The van der Waals surface area contributed by atoms with Crippen molar-refractivity contribution in [3.8, 4) is 0 Å². The molecule has 4 heteroatoms. The SMILES string of the molecule is CC(C)[C@H]1CN(Cc2ccccc2C(=O)O)CCN1. The Labute approximate surface area is 114 Å². The monoisotopic (exact) mass is 262 g/mol. The second-order valence-electron chi connectivity index (χ2n) is 5.50. The summed E-state index contributed by atoms with van der Waals surface area (Å²) in [4.78, 5) is 13.5. The third kappa shape index (κ3) is 3.55. The molecule has 104 valence electrons.